The molecule has 0 radical (unpaired) electrons. The van der Waals surface area contributed by atoms with Gasteiger partial charge in [0.25, 0.3) is 0 Å². The molecular weight excluding hydrogens is 253 g/mol. The van der Waals surface area contributed by atoms with Crippen LogP contribution < -0.4 is 5.32 Å². The van der Waals surface area contributed by atoms with Gasteiger partial charge in [-0.2, -0.15) is 0 Å². The van der Waals surface area contributed by atoms with E-state index in [1.54, 1.807) is 12.1 Å². The fourth-order valence-corrected chi connectivity index (χ4v) is 2.54. The predicted molar refractivity (Wildman–Crippen MR) is 70.4 cm³/mol. The van der Waals surface area contributed by atoms with E-state index in [4.69, 9.17) is 11.6 Å². The van der Waals surface area contributed by atoms with Crippen LogP contribution in [0.1, 0.15) is 31.7 Å². The molecule has 1 aromatic rings. The summed E-state index contributed by atoms with van der Waals surface area (Å²) < 4.78 is 13.3. The molecule has 0 bridgehead atoms. The normalized spacial score (nSPS) is 23.9. The van der Waals surface area contributed by atoms with E-state index in [0.29, 0.717) is 5.56 Å². The summed E-state index contributed by atoms with van der Waals surface area (Å²) >= 11 is 5.87. The van der Waals surface area contributed by atoms with Crippen molar-refractivity contribution in [2.45, 2.75) is 38.1 Å². The number of nitrogens with one attached hydrogen (secondary N) is 1. The molecule has 98 valence electrons. The molecule has 0 spiro atoms. The SMILES string of the molecule is CC1(C(=O)Cc2cccc(F)c2Cl)CCCCN1. The van der Waals surface area contributed by atoms with Crippen LogP contribution in [0.25, 0.3) is 0 Å². The quantitative estimate of drug-likeness (QED) is 0.913. The van der Waals surface area contributed by atoms with E-state index in [1.165, 1.54) is 6.07 Å². The van der Waals surface area contributed by atoms with Crippen LogP contribution in [0.2, 0.25) is 5.02 Å². The minimum absolute atomic E-state index is 0.0604. The first kappa shape index (κ1) is 13.5. The number of hydrogen-bond acceptors (Lipinski definition) is 2. The van der Waals surface area contributed by atoms with E-state index in [9.17, 15) is 9.18 Å². The molecule has 1 unspecified atom stereocenters. The van der Waals surface area contributed by atoms with Gasteiger partial charge in [0.05, 0.1) is 10.6 Å². The Morgan fingerprint density at radius 2 is 2.28 bits per heavy atom. The highest BCUT2D eigenvalue weighted by molar-refractivity contribution is 6.31. The zero-order chi connectivity index (χ0) is 13.2. The van der Waals surface area contributed by atoms with Crippen molar-refractivity contribution in [3.05, 3.63) is 34.6 Å². The third-order valence-electron chi connectivity index (χ3n) is 3.62. The van der Waals surface area contributed by atoms with E-state index in [0.717, 1.165) is 25.8 Å². The van der Waals surface area contributed by atoms with Crippen molar-refractivity contribution in [1.82, 2.24) is 5.32 Å². The average molecular weight is 270 g/mol. The monoisotopic (exact) mass is 269 g/mol. The molecule has 1 aliphatic rings. The van der Waals surface area contributed by atoms with Gasteiger partial charge in [0.15, 0.2) is 5.78 Å². The summed E-state index contributed by atoms with van der Waals surface area (Å²) in [5.41, 5.74) is 0.0729. The van der Waals surface area contributed by atoms with Gasteiger partial charge in [0.2, 0.25) is 0 Å². The van der Waals surface area contributed by atoms with Crippen molar-refractivity contribution in [1.29, 1.82) is 0 Å². The van der Waals surface area contributed by atoms with E-state index >= 15 is 0 Å². The van der Waals surface area contributed by atoms with E-state index in [-0.39, 0.29) is 17.2 Å². The van der Waals surface area contributed by atoms with Gasteiger partial charge in [0, 0.05) is 6.42 Å². The summed E-state index contributed by atoms with van der Waals surface area (Å²) in [6, 6.07) is 4.59. The summed E-state index contributed by atoms with van der Waals surface area (Å²) in [4.78, 5) is 12.3. The van der Waals surface area contributed by atoms with Gasteiger partial charge < -0.3 is 5.32 Å². The number of carbonyl (C=O) groups excluding carboxylic acids is 1. The van der Waals surface area contributed by atoms with E-state index < -0.39 is 11.4 Å². The van der Waals surface area contributed by atoms with E-state index in [1.807, 2.05) is 6.92 Å². The lowest BCUT2D eigenvalue weighted by Crippen LogP contribution is -2.52. The topological polar surface area (TPSA) is 29.1 Å². The lowest BCUT2D eigenvalue weighted by Gasteiger charge is -2.33. The minimum Gasteiger partial charge on any atom is -0.305 e. The molecular formula is C14H17ClFNO. The number of piperidine rings is 1. The standard InChI is InChI=1S/C14H17ClFNO/c1-14(7-2-3-8-17-14)12(18)9-10-5-4-6-11(16)13(10)15/h4-6,17H,2-3,7-9H2,1H3. The fraction of sp³-hybridized carbons (Fsp3) is 0.500. The number of carbonyl (C=O) groups is 1. The third-order valence-corrected chi connectivity index (χ3v) is 4.04. The molecule has 1 heterocycles. The van der Waals surface area contributed by atoms with Crippen LogP contribution in [0.15, 0.2) is 18.2 Å². The lowest BCUT2D eigenvalue weighted by molar-refractivity contribution is -0.125. The maximum absolute atomic E-state index is 13.3. The van der Waals surface area contributed by atoms with Crippen molar-refractivity contribution in [2.75, 3.05) is 6.54 Å². The lowest BCUT2D eigenvalue weighted by atomic mass is 9.84. The Kier molecular flexibility index (Phi) is 4.03. The molecule has 2 rings (SSSR count). The predicted octanol–water partition coefficient (Wildman–Crippen LogP) is 3.12. The summed E-state index contributed by atoms with van der Waals surface area (Å²) in [6.07, 6.45) is 3.16. The highest BCUT2D eigenvalue weighted by Gasteiger charge is 2.33. The van der Waals surface area contributed by atoms with Crippen molar-refractivity contribution < 1.29 is 9.18 Å². The summed E-state index contributed by atoms with van der Waals surface area (Å²) in [7, 11) is 0. The highest BCUT2D eigenvalue weighted by Crippen LogP contribution is 2.25. The number of benzene rings is 1. The Morgan fingerprint density at radius 1 is 1.50 bits per heavy atom. The molecule has 1 fully saturated rings. The number of rotatable bonds is 3. The first-order valence-corrected chi connectivity index (χ1v) is 6.62. The molecule has 1 aliphatic heterocycles. The molecule has 0 saturated carbocycles. The third kappa shape index (κ3) is 2.73. The number of Topliss-reactive ketones (excluding diaryl/α,β-unsaturated/α-hetero) is 1. The van der Waals surface area contributed by atoms with Gasteiger partial charge in [-0.15, -0.1) is 0 Å². The molecule has 1 atom stereocenters. The van der Waals surface area contributed by atoms with Gasteiger partial charge in [-0.25, -0.2) is 4.39 Å². The number of ketones is 1. The Labute approximate surface area is 112 Å². The maximum atomic E-state index is 13.3. The second-order valence-electron chi connectivity index (χ2n) is 5.03. The largest absolute Gasteiger partial charge is 0.305 e. The smallest absolute Gasteiger partial charge is 0.156 e. The second kappa shape index (κ2) is 5.37. The van der Waals surface area contributed by atoms with Crippen molar-refractivity contribution in [2.24, 2.45) is 0 Å². The molecule has 4 heteroatoms. The van der Waals surface area contributed by atoms with Crippen LogP contribution in [0.4, 0.5) is 4.39 Å². The van der Waals surface area contributed by atoms with Crippen molar-refractivity contribution in [3.8, 4) is 0 Å². The summed E-state index contributed by atoms with van der Waals surface area (Å²) in [6.45, 7) is 2.78. The van der Waals surface area contributed by atoms with Gasteiger partial charge in [-0.05, 0) is 44.4 Å². The molecule has 0 amide bonds. The van der Waals surface area contributed by atoms with Crippen molar-refractivity contribution in [3.63, 3.8) is 0 Å². The van der Waals surface area contributed by atoms with Crippen LogP contribution in [0.5, 0.6) is 0 Å². The number of hydrogen-bond donors (Lipinski definition) is 1. The molecule has 1 N–H and O–H groups in total. The number of halogens is 2. The molecule has 0 aliphatic carbocycles. The Balaban J connectivity index is 2.13. The summed E-state index contributed by atoms with van der Waals surface area (Å²) in [5, 5.41) is 3.32. The molecule has 18 heavy (non-hydrogen) atoms. The van der Waals surface area contributed by atoms with Gasteiger partial charge in [-0.1, -0.05) is 23.7 Å². The molecule has 1 saturated heterocycles. The molecule has 2 nitrogen and oxygen atoms in total. The maximum Gasteiger partial charge on any atom is 0.156 e. The molecule has 1 aromatic carbocycles. The van der Waals surface area contributed by atoms with Crippen LogP contribution in [-0.4, -0.2) is 17.9 Å². The fourth-order valence-electron chi connectivity index (χ4n) is 2.35. The zero-order valence-corrected chi connectivity index (χ0v) is 11.2. The zero-order valence-electron chi connectivity index (χ0n) is 10.4. The first-order chi connectivity index (χ1) is 8.53. The van der Waals surface area contributed by atoms with Gasteiger partial charge in [0.1, 0.15) is 5.82 Å². The van der Waals surface area contributed by atoms with E-state index in [2.05, 4.69) is 5.32 Å². The van der Waals surface area contributed by atoms with Crippen molar-refractivity contribution >= 4 is 17.4 Å². The highest BCUT2D eigenvalue weighted by atomic mass is 35.5. The Bertz CT molecular complexity index is 455. The first-order valence-electron chi connectivity index (χ1n) is 6.24. The Morgan fingerprint density at radius 3 is 2.94 bits per heavy atom. The average Bonchev–Trinajstić information content (AvgIpc) is 2.36. The Hall–Kier alpha value is -0.930. The van der Waals surface area contributed by atoms with Gasteiger partial charge >= 0.3 is 0 Å². The summed E-state index contributed by atoms with van der Waals surface area (Å²) in [5.74, 6) is -0.390. The van der Waals surface area contributed by atoms with Crippen LogP contribution >= 0.6 is 11.6 Å². The van der Waals surface area contributed by atoms with Gasteiger partial charge in [-0.3, -0.25) is 4.79 Å². The van der Waals surface area contributed by atoms with Crippen LogP contribution in [0, 0.1) is 5.82 Å². The second-order valence-corrected chi connectivity index (χ2v) is 5.41. The van der Waals surface area contributed by atoms with Crippen LogP contribution in [-0.2, 0) is 11.2 Å². The van der Waals surface area contributed by atoms with Crippen LogP contribution in [0.3, 0.4) is 0 Å². The minimum atomic E-state index is -0.492. The molecule has 0 aromatic heterocycles.